The Kier molecular flexibility index (Phi) is 7.04. The molecule has 2 amide bonds. The summed E-state index contributed by atoms with van der Waals surface area (Å²) >= 11 is 0. The monoisotopic (exact) mass is 391 g/mol. The van der Waals surface area contributed by atoms with Crippen LogP contribution in [0.5, 0.6) is 5.75 Å². The van der Waals surface area contributed by atoms with Crippen molar-refractivity contribution in [2.24, 2.45) is 0 Å². The Morgan fingerprint density at radius 1 is 1.15 bits per heavy atom. The fourth-order valence-corrected chi connectivity index (χ4v) is 2.76. The standard InChI is InChI=1S/C19H21N3O4.ClH/c1-25-16-8-7-14(11-15(16)20)21-18(23)12-4-2-5-13(10-12)22-19(24)17-6-3-9-26-17;/h2,4-5,7-8,10-11,17H,3,6,9,20H2,1H3,(H,21,23)(H,22,24);1H. The Hall–Kier alpha value is -2.77. The number of amides is 2. The van der Waals surface area contributed by atoms with Gasteiger partial charge in [-0.15, -0.1) is 12.4 Å². The van der Waals surface area contributed by atoms with Gasteiger partial charge in [-0.05, 0) is 49.2 Å². The molecule has 1 heterocycles. The van der Waals surface area contributed by atoms with Crippen LogP contribution in [0.25, 0.3) is 0 Å². The fourth-order valence-electron chi connectivity index (χ4n) is 2.76. The van der Waals surface area contributed by atoms with Crippen molar-refractivity contribution in [2.75, 3.05) is 30.1 Å². The van der Waals surface area contributed by atoms with E-state index in [-0.39, 0.29) is 24.2 Å². The van der Waals surface area contributed by atoms with Gasteiger partial charge in [-0.25, -0.2) is 0 Å². The smallest absolute Gasteiger partial charge is 0.255 e. The van der Waals surface area contributed by atoms with Crippen LogP contribution in [0.2, 0.25) is 0 Å². The number of benzene rings is 2. The highest BCUT2D eigenvalue weighted by atomic mass is 35.5. The number of hydrogen-bond donors (Lipinski definition) is 3. The van der Waals surface area contributed by atoms with Gasteiger partial charge in [-0.2, -0.15) is 0 Å². The van der Waals surface area contributed by atoms with Crippen LogP contribution in [0.3, 0.4) is 0 Å². The maximum absolute atomic E-state index is 12.5. The maximum atomic E-state index is 12.5. The zero-order valence-electron chi connectivity index (χ0n) is 14.9. The van der Waals surface area contributed by atoms with Gasteiger partial charge in [-0.1, -0.05) is 6.07 Å². The molecule has 0 radical (unpaired) electrons. The molecule has 1 fully saturated rings. The number of rotatable bonds is 5. The summed E-state index contributed by atoms with van der Waals surface area (Å²) in [4.78, 5) is 24.6. The van der Waals surface area contributed by atoms with E-state index < -0.39 is 6.10 Å². The highest BCUT2D eigenvalue weighted by Gasteiger charge is 2.23. The Morgan fingerprint density at radius 2 is 1.93 bits per heavy atom. The third kappa shape index (κ3) is 5.12. The topological polar surface area (TPSA) is 103 Å². The Bertz CT molecular complexity index is 822. The minimum atomic E-state index is -0.422. The molecule has 0 aliphatic carbocycles. The predicted octanol–water partition coefficient (Wildman–Crippen LogP) is 3.07. The summed E-state index contributed by atoms with van der Waals surface area (Å²) in [5.41, 5.74) is 7.81. The van der Waals surface area contributed by atoms with Crippen molar-refractivity contribution in [3.05, 3.63) is 48.0 Å². The molecule has 1 aliphatic heterocycles. The molecular formula is C19H22ClN3O4. The van der Waals surface area contributed by atoms with Crippen LogP contribution in [0.1, 0.15) is 23.2 Å². The second-order valence-corrected chi connectivity index (χ2v) is 5.98. The highest BCUT2D eigenvalue weighted by molar-refractivity contribution is 6.05. The molecule has 4 N–H and O–H groups in total. The first kappa shape index (κ1) is 20.5. The molecule has 2 aromatic carbocycles. The molecule has 1 unspecified atom stereocenters. The highest BCUT2D eigenvalue weighted by Crippen LogP contribution is 2.25. The number of anilines is 3. The van der Waals surface area contributed by atoms with E-state index in [1.807, 2.05) is 0 Å². The minimum absolute atomic E-state index is 0. The molecule has 1 aliphatic rings. The van der Waals surface area contributed by atoms with E-state index in [9.17, 15) is 9.59 Å². The molecule has 0 spiro atoms. The van der Waals surface area contributed by atoms with Crippen LogP contribution in [0, 0.1) is 0 Å². The lowest BCUT2D eigenvalue weighted by Crippen LogP contribution is -2.27. The largest absolute Gasteiger partial charge is 0.495 e. The molecule has 2 aromatic rings. The van der Waals surface area contributed by atoms with Crippen LogP contribution in [-0.4, -0.2) is 31.6 Å². The molecule has 27 heavy (non-hydrogen) atoms. The second-order valence-electron chi connectivity index (χ2n) is 5.98. The van der Waals surface area contributed by atoms with Crippen molar-refractivity contribution in [3.63, 3.8) is 0 Å². The lowest BCUT2D eigenvalue weighted by Gasteiger charge is -2.12. The number of carbonyl (C=O) groups is 2. The van der Waals surface area contributed by atoms with Crippen molar-refractivity contribution >= 4 is 41.3 Å². The molecule has 0 aromatic heterocycles. The van der Waals surface area contributed by atoms with Gasteiger partial charge >= 0.3 is 0 Å². The maximum Gasteiger partial charge on any atom is 0.255 e. The van der Waals surface area contributed by atoms with Crippen LogP contribution < -0.4 is 21.1 Å². The Labute approximate surface area is 163 Å². The van der Waals surface area contributed by atoms with Gasteiger partial charge in [0.05, 0.1) is 12.8 Å². The third-order valence-electron chi connectivity index (χ3n) is 4.10. The van der Waals surface area contributed by atoms with Crippen LogP contribution in [-0.2, 0) is 9.53 Å². The number of methoxy groups -OCH3 is 1. The van der Waals surface area contributed by atoms with Crippen molar-refractivity contribution in [1.29, 1.82) is 0 Å². The number of nitrogen functional groups attached to an aromatic ring is 1. The van der Waals surface area contributed by atoms with Gasteiger partial charge in [0.15, 0.2) is 0 Å². The first-order valence-corrected chi connectivity index (χ1v) is 8.34. The zero-order chi connectivity index (χ0) is 18.5. The van der Waals surface area contributed by atoms with Crippen LogP contribution >= 0.6 is 12.4 Å². The Balaban J connectivity index is 0.00000261. The summed E-state index contributed by atoms with van der Waals surface area (Å²) in [6, 6.07) is 11.7. The molecule has 144 valence electrons. The van der Waals surface area contributed by atoms with E-state index in [0.29, 0.717) is 41.4 Å². The summed E-state index contributed by atoms with van der Waals surface area (Å²) in [5, 5.41) is 5.56. The molecule has 8 heteroatoms. The van der Waals surface area contributed by atoms with Crippen molar-refractivity contribution in [1.82, 2.24) is 0 Å². The number of nitrogens with two attached hydrogens (primary N) is 1. The lowest BCUT2D eigenvalue weighted by molar-refractivity contribution is -0.124. The number of carbonyl (C=O) groups excluding carboxylic acids is 2. The zero-order valence-corrected chi connectivity index (χ0v) is 15.7. The van der Waals surface area contributed by atoms with Crippen molar-refractivity contribution in [2.45, 2.75) is 18.9 Å². The van der Waals surface area contributed by atoms with E-state index in [4.69, 9.17) is 15.2 Å². The predicted molar refractivity (Wildman–Crippen MR) is 107 cm³/mol. The first-order chi connectivity index (χ1) is 12.6. The summed E-state index contributed by atoms with van der Waals surface area (Å²) in [5.74, 6) is 0.0487. The molecule has 3 rings (SSSR count). The average molecular weight is 392 g/mol. The number of halogens is 1. The summed E-state index contributed by atoms with van der Waals surface area (Å²) < 4.78 is 10.5. The van der Waals surface area contributed by atoms with Gasteiger partial charge in [0.2, 0.25) is 0 Å². The quantitative estimate of drug-likeness (QED) is 0.680. The number of ether oxygens (including phenoxy) is 2. The third-order valence-corrected chi connectivity index (χ3v) is 4.10. The fraction of sp³-hybridized carbons (Fsp3) is 0.263. The van der Waals surface area contributed by atoms with E-state index in [1.54, 1.807) is 42.5 Å². The normalized spacial score (nSPS) is 15.5. The summed E-state index contributed by atoms with van der Waals surface area (Å²) in [6.07, 6.45) is 1.17. The van der Waals surface area contributed by atoms with Gasteiger partial charge in [0.25, 0.3) is 11.8 Å². The Morgan fingerprint density at radius 3 is 2.59 bits per heavy atom. The number of nitrogens with one attached hydrogen (secondary N) is 2. The molecule has 1 atom stereocenters. The van der Waals surface area contributed by atoms with E-state index in [0.717, 1.165) is 6.42 Å². The lowest BCUT2D eigenvalue weighted by atomic mass is 10.1. The first-order valence-electron chi connectivity index (χ1n) is 8.34. The summed E-state index contributed by atoms with van der Waals surface area (Å²) in [7, 11) is 1.53. The molecule has 0 bridgehead atoms. The molecule has 7 nitrogen and oxygen atoms in total. The minimum Gasteiger partial charge on any atom is -0.495 e. The van der Waals surface area contributed by atoms with Crippen LogP contribution in [0.15, 0.2) is 42.5 Å². The van der Waals surface area contributed by atoms with Crippen LogP contribution in [0.4, 0.5) is 17.1 Å². The van der Waals surface area contributed by atoms with Gasteiger partial charge in [0.1, 0.15) is 11.9 Å². The number of hydrogen-bond acceptors (Lipinski definition) is 5. The van der Waals surface area contributed by atoms with E-state index in [2.05, 4.69) is 10.6 Å². The molecular weight excluding hydrogens is 370 g/mol. The SMILES string of the molecule is COc1ccc(NC(=O)c2cccc(NC(=O)C3CCCO3)c2)cc1N.Cl. The van der Waals surface area contributed by atoms with Gasteiger partial charge < -0.3 is 25.8 Å². The summed E-state index contributed by atoms with van der Waals surface area (Å²) in [6.45, 7) is 0.603. The average Bonchev–Trinajstić information content (AvgIpc) is 3.17. The van der Waals surface area contributed by atoms with Crippen molar-refractivity contribution in [3.8, 4) is 5.75 Å². The van der Waals surface area contributed by atoms with Gasteiger partial charge in [0, 0.05) is 23.5 Å². The molecule has 1 saturated heterocycles. The molecule has 0 saturated carbocycles. The second kappa shape index (κ2) is 9.25. The van der Waals surface area contributed by atoms with Gasteiger partial charge in [-0.3, -0.25) is 9.59 Å². The van der Waals surface area contributed by atoms with E-state index >= 15 is 0 Å². The van der Waals surface area contributed by atoms with Crippen molar-refractivity contribution < 1.29 is 19.1 Å². The van der Waals surface area contributed by atoms with E-state index in [1.165, 1.54) is 7.11 Å².